The van der Waals surface area contributed by atoms with Crippen LogP contribution in [0.2, 0.25) is 0 Å². The van der Waals surface area contributed by atoms with E-state index in [1.165, 1.54) is 0 Å². The molecule has 1 N–H and O–H groups in total. The van der Waals surface area contributed by atoms with Crippen LogP contribution in [-0.4, -0.2) is 29.4 Å². The van der Waals surface area contributed by atoms with Crippen LogP contribution in [0.1, 0.15) is 25.3 Å². The number of hydrogen-bond acceptors (Lipinski definition) is 6. The standard InChI is InChI=1S/C22H25N3O5/c1-3-4-12-29-18-11-10-16(13-19(18)28-2)14-23-20(26)15-25-22(27)30-21(24-25)17-8-6-5-7-9-17/h5-11,13H,3-4,12,14-15H2,1-2H3,(H,23,26). The first-order valence-electron chi connectivity index (χ1n) is 9.80. The number of nitrogens with one attached hydrogen (secondary N) is 1. The Morgan fingerprint density at radius 2 is 1.97 bits per heavy atom. The second-order valence-electron chi connectivity index (χ2n) is 6.66. The van der Waals surface area contributed by atoms with Gasteiger partial charge in [0, 0.05) is 12.1 Å². The summed E-state index contributed by atoms with van der Waals surface area (Å²) in [6.07, 6.45) is 2.02. The first-order chi connectivity index (χ1) is 14.6. The normalized spacial score (nSPS) is 10.6. The summed E-state index contributed by atoms with van der Waals surface area (Å²) >= 11 is 0. The molecule has 0 aliphatic carbocycles. The zero-order valence-corrected chi connectivity index (χ0v) is 17.1. The van der Waals surface area contributed by atoms with Gasteiger partial charge in [0.05, 0.1) is 13.7 Å². The minimum atomic E-state index is -0.681. The van der Waals surface area contributed by atoms with Crippen LogP contribution < -0.4 is 20.5 Å². The molecule has 3 rings (SSSR count). The third-order valence-corrected chi connectivity index (χ3v) is 4.39. The Hall–Kier alpha value is -3.55. The van der Waals surface area contributed by atoms with Crippen molar-refractivity contribution in [3.05, 3.63) is 64.6 Å². The van der Waals surface area contributed by atoms with Gasteiger partial charge in [-0.1, -0.05) is 37.6 Å². The molecule has 1 aromatic heterocycles. The molecule has 0 fully saturated rings. The van der Waals surface area contributed by atoms with Crippen molar-refractivity contribution in [2.45, 2.75) is 32.9 Å². The van der Waals surface area contributed by atoms with Gasteiger partial charge in [-0.2, -0.15) is 4.68 Å². The Morgan fingerprint density at radius 3 is 2.70 bits per heavy atom. The van der Waals surface area contributed by atoms with Crippen molar-refractivity contribution >= 4 is 5.91 Å². The van der Waals surface area contributed by atoms with Crippen LogP contribution in [0.5, 0.6) is 11.5 Å². The van der Waals surface area contributed by atoms with E-state index >= 15 is 0 Å². The van der Waals surface area contributed by atoms with E-state index in [4.69, 9.17) is 13.9 Å². The Bertz CT molecular complexity index is 1030. The lowest BCUT2D eigenvalue weighted by Crippen LogP contribution is -2.31. The average Bonchev–Trinajstić information content (AvgIpc) is 3.13. The molecule has 0 aliphatic heterocycles. The fraction of sp³-hybridized carbons (Fsp3) is 0.318. The summed E-state index contributed by atoms with van der Waals surface area (Å²) in [5, 5.41) is 6.86. The van der Waals surface area contributed by atoms with Crippen LogP contribution in [0, 0.1) is 0 Å². The number of nitrogens with zero attached hydrogens (tertiary/aromatic N) is 2. The van der Waals surface area contributed by atoms with Crippen molar-refractivity contribution in [1.82, 2.24) is 15.1 Å². The molecule has 158 valence electrons. The zero-order valence-electron chi connectivity index (χ0n) is 17.1. The predicted molar refractivity (Wildman–Crippen MR) is 111 cm³/mol. The first-order valence-corrected chi connectivity index (χ1v) is 9.80. The molecule has 0 saturated carbocycles. The molecule has 8 nitrogen and oxygen atoms in total. The van der Waals surface area contributed by atoms with E-state index in [0.29, 0.717) is 23.7 Å². The summed E-state index contributed by atoms with van der Waals surface area (Å²) in [5.74, 6) is 0.421. The van der Waals surface area contributed by atoms with Gasteiger partial charge in [0.15, 0.2) is 11.5 Å². The van der Waals surface area contributed by atoms with Crippen molar-refractivity contribution in [3.63, 3.8) is 0 Å². The van der Waals surface area contributed by atoms with E-state index in [9.17, 15) is 9.59 Å². The van der Waals surface area contributed by atoms with Crippen molar-refractivity contribution < 1.29 is 18.7 Å². The summed E-state index contributed by atoms with van der Waals surface area (Å²) in [7, 11) is 1.58. The van der Waals surface area contributed by atoms with Gasteiger partial charge in [0.2, 0.25) is 11.8 Å². The highest BCUT2D eigenvalue weighted by Gasteiger charge is 2.13. The highest BCUT2D eigenvalue weighted by molar-refractivity contribution is 5.75. The topological polar surface area (TPSA) is 95.6 Å². The highest BCUT2D eigenvalue weighted by atomic mass is 16.5. The number of unbranched alkanes of at least 4 members (excludes halogenated alkanes) is 1. The Balaban J connectivity index is 1.58. The van der Waals surface area contributed by atoms with Gasteiger partial charge in [-0.25, -0.2) is 4.79 Å². The molecule has 30 heavy (non-hydrogen) atoms. The molecular formula is C22H25N3O5. The molecule has 0 bridgehead atoms. The van der Waals surface area contributed by atoms with Gasteiger partial charge in [0.1, 0.15) is 6.54 Å². The number of ether oxygens (including phenoxy) is 2. The lowest BCUT2D eigenvalue weighted by Gasteiger charge is -2.12. The van der Waals surface area contributed by atoms with Gasteiger partial charge in [0.25, 0.3) is 0 Å². The maximum absolute atomic E-state index is 12.3. The van der Waals surface area contributed by atoms with E-state index in [1.807, 2.05) is 36.4 Å². The molecule has 1 amide bonds. The Kier molecular flexibility index (Phi) is 7.26. The maximum atomic E-state index is 12.3. The average molecular weight is 411 g/mol. The molecule has 0 radical (unpaired) electrons. The SMILES string of the molecule is CCCCOc1ccc(CNC(=O)Cn2nc(-c3ccccc3)oc2=O)cc1OC. The van der Waals surface area contributed by atoms with Gasteiger partial charge in [-0.3, -0.25) is 4.79 Å². The number of methoxy groups -OCH3 is 1. The van der Waals surface area contributed by atoms with E-state index in [-0.39, 0.29) is 24.9 Å². The molecule has 8 heteroatoms. The number of hydrogen-bond donors (Lipinski definition) is 1. The Labute approximate surface area is 174 Å². The molecule has 0 atom stereocenters. The van der Waals surface area contributed by atoms with Crippen molar-refractivity contribution in [3.8, 4) is 23.0 Å². The van der Waals surface area contributed by atoms with E-state index in [1.54, 1.807) is 19.2 Å². The number of benzene rings is 2. The highest BCUT2D eigenvalue weighted by Crippen LogP contribution is 2.28. The number of carbonyl (C=O) groups is 1. The van der Waals surface area contributed by atoms with E-state index in [0.717, 1.165) is 23.1 Å². The van der Waals surface area contributed by atoms with Crippen molar-refractivity contribution in [2.24, 2.45) is 0 Å². The van der Waals surface area contributed by atoms with Crippen LogP contribution in [-0.2, 0) is 17.9 Å². The predicted octanol–water partition coefficient (Wildman–Crippen LogP) is 3.01. The first kappa shape index (κ1) is 21.2. The molecule has 0 aliphatic rings. The van der Waals surface area contributed by atoms with E-state index in [2.05, 4.69) is 17.3 Å². The van der Waals surface area contributed by atoms with Crippen LogP contribution in [0.4, 0.5) is 0 Å². The minimum absolute atomic E-state index is 0.178. The summed E-state index contributed by atoms with van der Waals surface area (Å²) in [4.78, 5) is 24.2. The minimum Gasteiger partial charge on any atom is -0.493 e. The third-order valence-electron chi connectivity index (χ3n) is 4.39. The Morgan fingerprint density at radius 1 is 1.17 bits per heavy atom. The van der Waals surface area contributed by atoms with Crippen molar-refractivity contribution in [2.75, 3.05) is 13.7 Å². The lowest BCUT2D eigenvalue weighted by atomic mass is 10.2. The largest absolute Gasteiger partial charge is 0.493 e. The number of rotatable bonds is 10. The molecule has 0 unspecified atom stereocenters. The summed E-state index contributed by atoms with van der Waals surface area (Å²) in [6, 6.07) is 14.5. The number of carbonyl (C=O) groups excluding carboxylic acids is 1. The second kappa shape index (κ2) is 10.3. The quantitative estimate of drug-likeness (QED) is 0.515. The van der Waals surface area contributed by atoms with Crippen LogP contribution in [0.3, 0.4) is 0 Å². The molecule has 0 saturated heterocycles. The van der Waals surface area contributed by atoms with Gasteiger partial charge in [-0.15, -0.1) is 5.10 Å². The van der Waals surface area contributed by atoms with Gasteiger partial charge in [-0.05, 0) is 36.2 Å². The number of amides is 1. The molecular weight excluding hydrogens is 386 g/mol. The van der Waals surface area contributed by atoms with E-state index < -0.39 is 5.76 Å². The summed E-state index contributed by atoms with van der Waals surface area (Å²) in [5.41, 5.74) is 1.52. The molecule has 2 aromatic carbocycles. The monoisotopic (exact) mass is 411 g/mol. The third kappa shape index (κ3) is 5.50. The smallest absolute Gasteiger partial charge is 0.437 e. The second-order valence-corrected chi connectivity index (χ2v) is 6.66. The van der Waals surface area contributed by atoms with Crippen LogP contribution in [0.15, 0.2) is 57.7 Å². The van der Waals surface area contributed by atoms with Crippen molar-refractivity contribution in [1.29, 1.82) is 0 Å². The van der Waals surface area contributed by atoms with Crippen LogP contribution >= 0.6 is 0 Å². The van der Waals surface area contributed by atoms with Gasteiger partial charge >= 0.3 is 5.76 Å². The summed E-state index contributed by atoms with van der Waals surface area (Å²) < 4.78 is 17.2. The lowest BCUT2D eigenvalue weighted by molar-refractivity contribution is -0.122. The number of aromatic nitrogens is 2. The fourth-order valence-corrected chi connectivity index (χ4v) is 2.76. The van der Waals surface area contributed by atoms with Gasteiger partial charge < -0.3 is 19.2 Å². The maximum Gasteiger partial charge on any atom is 0.437 e. The fourth-order valence-electron chi connectivity index (χ4n) is 2.76. The molecule has 1 heterocycles. The summed E-state index contributed by atoms with van der Waals surface area (Å²) in [6.45, 7) is 2.77. The molecule has 0 spiro atoms. The zero-order chi connectivity index (χ0) is 21.3. The van der Waals surface area contributed by atoms with Crippen LogP contribution in [0.25, 0.3) is 11.5 Å². The molecule has 3 aromatic rings.